The van der Waals surface area contributed by atoms with Gasteiger partial charge in [0.1, 0.15) is 18.0 Å². The van der Waals surface area contributed by atoms with E-state index < -0.39 is 0 Å². The Hall–Kier alpha value is -3.64. The Bertz CT molecular complexity index is 1300. The summed E-state index contributed by atoms with van der Waals surface area (Å²) in [6, 6.07) is 18.9. The van der Waals surface area contributed by atoms with E-state index in [1.165, 1.54) is 10.5 Å². The van der Waals surface area contributed by atoms with Gasteiger partial charge < -0.3 is 10.1 Å². The van der Waals surface area contributed by atoms with E-state index in [9.17, 15) is 9.59 Å². The number of pyridine rings is 1. The van der Waals surface area contributed by atoms with Gasteiger partial charge in [-0.05, 0) is 48.9 Å². The summed E-state index contributed by atoms with van der Waals surface area (Å²) >= 11 is 5.94. The second kappa shape index (κ2) is 8.39. The fourth-order valence-corrected chi connectivity index (χ4v) is 3.23. The fraction of sp³-hybridized carbons (Fsp3) is 0.0870. The predicted molar refractivity (Wildman–Crippen MR) is 116 cm³/mol. The third-order valence-electron chi connectivity index (χ3n) is 4.50. The summed E-state index contributed by atoms with van der Waals surface area (Å²) in [5.41, 5.74) is 2.92. The minimum Gasteiger partial charge on any atom is -0.487 e. The van der Waals surface area contributed by atoms with Crippen LogP contribution in [0.5, 0.6) is 5.75 Å². The molecule has 0 atom stereocenters. The molecule has 0 spiro atoms. The maximum atomic E-state index is 12.4. The van der Waals surface area contributed by atoms with Gasteiger partial charge in [-0.2, -0.15) is 0 Å². The Morgan fingerprint density at radius 3 is 2.77 bits per heavy atom. The van der Waals surface area contributed by atoms with Crippen molar-refractivity contribution < 1.29 is 9.53 Å². The third-order valence-corrected chi connectivity index (χ3v) is 4.74. The number of anilines is 1. The quantitative estimate of drug-likeness (QED) is 0.517. The first kappa shape index (κ1) is 19.7. The summed E-state index contributed by atoms with van der Waals surface area (Å²) < 4.78 is 7.30. The number of fused-ring (bicyclic) bond motifs is 1. The Labute approximate surface area is 177 Å². The molecule has 6 nitrogen and oxygen atoms in total. The number of nitrogens with one attached hydrogen (secondary N) is 1. The molecule has 0 aliphatic rings. The predicted octanol–water partition coefficient (Wildman–Crippen LogP) is 4.49. The number of amides is 1. The van der Waals surface area contributed by atoms with Crippen molar-refractivity contribution in [3.63, 3.8) is 0 Å². The van der Waals surface area contributed by atoms with Gasteiger partial charge in [-0.1, -0.05) is 29.8 Å². The molecule has 2 heterocycles. The molecule has 2 aromatic carbocycles. The lowest BCUT2D eigenvalue weighted by Gasteiger charge is -2.10. The van der Waals surface area contributed by atoms with Gasteiger partial charge in [-0.25, -0.2) is 4.98 Å². The molecule has 0 aliphatic carbocycles. The number of rotatable bonds is 5. The molecule has 2 aromatic heterocycles. The highest BCUT2D eigenvalue weighted by Gasteiger charge is 2.08. The molecular formula is C23H18ClN3O3. The third kappa shape index (κ3) is 4.34. The molecule has 0 bridgehead atoms. The Morgan fingerprint density at radius 2 is 1.93 bits per heavy atom. The van der Waals surface area contributed by atoms with Gasteiger partial charge in [0, 0.05) is 34.6 Å². The van der Waals surface area contributed by atoms with Crippen LogP contribution in [0.2, 0.25) is 5.02 Å². The highest BCUT2D eigenvalue weighted by atomic mass is 35.5. The van der Waals surface area contributed by atoms with Crippen molar-refractivity contribution in [3.05, 3.63) is 105 Å². The van der Waals surface area contributed by atoms with E-state index in [2.05, 4.69) is 10.3 Å². The molecule has 0 saturated carbocycles. The Kier molecular flexibility index (Phi) is 5.50. The molecule has 0 unspecified atom stereocenters. The standard InChI is InChI=1S/C23H18ClN3O3/c1-15-5-4-10-27-21(28)13-19(25-22(15)27)14-30-20-9-3-8-18(12-20)26-23(29)16-6-2-7-17(24)11-16/h2-13H,14H2,1H3,(H,26,29). The van der Waals surface area contributed by atoms with Crippen LogP contribution >= 0.6 is 11.6 Å². The van der Waals surface area contributed by atoms with E-state index in [4.69, 9.17) is 16.3 Å². The zero-order valence-corrected chi connectivity index (χ0v) is 16.9. The second-order valence-corrected chi connectivity index (χ2v) is 7.19. The minimum atomic E-state index is -0.269. The molecule has 0 radical (unpaired) electrons. The van der Waals surface area contributed by atoms with Gasteiger partial charge in [-0.15, -0.1) is 0 Å². The van der Waals surface area contributed by atoms with Gasteiger partial charge in [0.05, 0.1) is 5.69 Å². The first-order valence-corrected chi connectivity index (χ1v) is 9.65. The summed E-state index contributed by atoms with van der Waals surface area (Å²) in [7, 11) is 0. The summed E-state index contributed by atoms with van der Waals surface area (Å²) in [6.07, 6.45) is 1.69. The van der Waals surface area contributed by atoms with Crippen LogP contribution < -0.4 is 15.6 Å². The number of ether oxygens (including phenoxy) is 1. The van der Waals surface area contributed by atoms with Crippen LogP contribution in [-0.4, -0.2) is 15.3 Å². The van der Waals surface area contributed by atoms with E-state index in [1.54, 1.807) is 54.7 Å². The molecule has 1 amide bonds. The van der Waals surface area contributed by atoms with E-state index in [0.29, 0.717) is 33.4 Å². The molecule has 4 rings (SSSR count). The number of carbonyl (C=O) groups is 1. The van der Waals surface area contributed by atoms with E-state index >= 15 is 0 Å². The summed E-state index contributed by atoms with van der Waals surface area (Å²) in [5, 5.41) is 3.31. The normalized spacial score (nSPS) is 10.7. The molecule has 0 aliphatic heterocycles. The molecule has 0 fully saturated rings. The lowest BCUT2D eigenvalue weighted by molar-refractivity contribution is 0.102. The summed E-state index contributed by atoms with van der Waals surface area (Å²) in [5.74, 6) is 0.278. The molecule has 30 heavy (non-hydrogen) atoms. The Balaban J connectivity index is 1.49. The van der Waals surface area contributed by atoms with Gasteiger partial charge in [-0.3, -0.25) is 14.0 Å². The molecular weight excluding hydrogens is 402 g/mol. The number of aryl methyl sites for hydroxylation is 1. The number of nitrogens with zero attached hydrogens (tertiary/aromatic N) is 2. The van der Waals surface area contributed by atoms with Gasteiger partial charge >= 0.3 is 0 Å². The average Bonchev–Trinajstić information content (AvgIpc) is 2.73. The van der Waals surface area contributed by atoms with Crippen LogP contribution in [0.25, 0.3) is 5.65 Å². The molecule has 7 heteroatoms. The number of hydrogen-bond acceptors (Lipinski definition) is 4. The lowest BCUT2D eigenvalue weighted by atomic mass is 10.2. The zero-order valence-electron chi connectivity index (χ0n) is 16.1. The fourth-order valence-electron chi connectivity index (χ4n) is 3.04. The maximum Gasteiger partial charge on any atom is 0.258 e. The van der Waals surface area contributed by atoms with Crippen LogP contribution in [0.4, 0.5) is 5.69 Å². The van der Waals surface area contributed by atoms with Gasteiger partial charge in [0.15, 0.2) is 0 Å². The first-order chi connectivity index (χ1) is 14.5. The number of carbonyl (C=O) groups excluding carboxylic acids is 1. The van der Waals surface area contributed by atoms with Gasteiger partial charge in [0.2, 0.25) is 0 Å². The van der Waals surface area contributed by atoms with Crippen molar-refractivity contribution in [2.75, 3.05) is 5.32 Å². The number of halogens is 1. The zero-order chi connectivity index (χ0) is 21.1. The maximum absolute atomic E-state index is 12.4. The van der Waals surface area contributed by atoms with E-state index in [1.807, 2.05) is 19.1 Å². The van der Waals surface area contributed by atoms with E-state index in [-0.39, 0.29) is 18.1 Å². The van der Waals surface area contributed by atoms with Crippen molar-refractivity contribution in [1.29, 1.82) is 0 Å². The highest BCUT2D eigenvalue weighted by Crippen LogP contribution is 2.20. The van der Waals surface area contributed by atoms with E-state index in [0.717, 1.165) is 5.56 Å². The molecule has 0 saturated heterocycles. The average molecular weight is 420 g/mol. The summed E-state index contributed by atoms with van der Waals surface area (Å²) in [6.45, 7) is 2.03. The Morgan fingerprint density at radius 1 is 1.10 bits per heavy atom. The number of hydrogen-bond donors (Lipinski definition) is 1. The highest BCUT2D eigenvalue weighted by molar-refractivity contribution is 6.31. The van der Waals surface area contributed by atoms with Crippen molar-refractivity contribution in [1.82, 2.24) is 9.38 Å². The smallest absolute Gasteiger partial charge is 0.258 e. The van der Waals surface area contributed by atoms with Crippen LogP contribution in [0.15, 0.2) is 77.7 Å². The van der Waals surface area contributed by atoms with Crippen molar-refractivity contribution in [2.24, 2.45) is 0 Å². The SMILES string of the molecule is Cc1cccn2c(=O)cc(COc3cccc(NC(=O)c4cccc(Cl)c4)c3)nc12. The lowest BCUT2D eigenvalue weighted by Crippen LogP contribution is -2.17. The molecule has 1 N–H and O–H groups in total. The summed E-state index contributed by atoms with van der Waals surface area (Å²) in [4.78, 5) is 29.2. The van der Waals surface area contributed by atoms with Gasteiger partial charge in [0.25, 0.3) is 11.5 Å². The number of benzene rings is 2. The van der Waals surface area contributed by atoms with Crippen molar-refractivity contribution in [2.45, 2.75) is 13.5 Å². The first-order valence-electron chi connectivity index (χ1n) is 9.27. The minimum absolute atomic E-state index is 0.131. The van der Waals surface area contributed by atoms with Crippen molar-refractivity contribution >= 4 is 28.8 Å². The monoisotopic (exact) mass is 419 g/mol. The van der Waals surface area contributed by atoms with Crippen LogP contribution in [0, 0.1) is 6.92 Å². The van der Waals surface area contributed by atoms with Crippen molar-refractivity contribution in [3.8, 4) is 5.75 Å². The molecule has 150 valence electrons. The second-order valence-electron chi connectivity index (χ2n) is 6.75. The van der Waals surface area contributed by atoms with Crippen LogP contribution in [-0.2, 0) is 6.61 Å². The number of aromatic nitrogens is 2. The van der Waals surface area contributed by atoms with Crippen LogP contribution in [0.1, 0.15) is 21.6 Å². The largest absolute Gasteiger partial charge is 0.487 e. The van der Waals surface area contributed by atoms with Crippen LogP contribution in [0.3, 0.4) is 0 Å². The molecule has 4 aromatic rings. The topological polar surface area (TPSA) is 72.7 Å².